The summed E-state index contributed by atoms with van der Waals surface area (Å²) in [5, 5.41) is 12.4. The summed E-state index contributed by atoms with van der Waals surface area (Å²) in [6.45, 7) is 0. The van der Waals surface area contributed by atoms with E-state index in [-0.39, 0.29) is 17.6 Å². The summed E-state index contributed by atoms with van der Waals surface area (Å²) >= 11 is 1.41. The van der Waals surface area contributed by atoms with E-state index in [2.05, 4.69) is 17.4 Å². The fourth-order valence-electron chi connectivity index (χ4n) is 5.03. The van der Waals surface area contributed by atoms with E-state index in [1.54, 1.807) is 6.07 Å². The number of nitrogens with one attached hydrogen (secondary N) is 1. The number of rotatable bonds is 6. The van der Waals surface area contributed by atoms with Crippen LogP contribution in [-0.4, -0.2) is 28.6 Å². The molecule has 5 rings (SSSR count). The van der Waals surface area contributed by atoms with Crippen LogP contribution in [0.2, 0.25) is 0 Å². The Morgan fingerprint density at radius 3 is 2.11 bits per heavy atom. The number of para-hydroxylation sites is 2. The number of nitrogens with zero attached hydrogens (tertiary/aromatic N) is 1. The Balaban J connectivity index is 1.30. The summed E-state index contributed by atoms with van der Waals surface area (Å²) in [6.07, 6.45) is 6.20. The zero-order valence-corrected chi connectivity index (χ0v) is 21.1. The number of carboxylic acids is 1. The van der Waals surface area contributed by atoms with Crippen LogP contribution in [0.4, 0.5) is 17.1 Å². The van der Waals surface area contributed by atoms with Crippen molar-refractivity contribution in [2.24, 2.45) is 11.8 Å². The molecule has 2 aliphatic rings. The van der Waals surface area contributed by atoms with Crippen molar-refractivity contribution in [1.82, 2.24) is 0 Å². The number of thioether (sulfide) groups is 1. The molecule has 0 aromatic heterocycles. The van der Waals surface area contributed by atoms with Crippen molar-refractivity contribution in [3.8, 4) is 0 Å². The molecule has 1 heterocycles. The Kier molecular flexibility index (Phi) is 7.42. The average Bonchev–Trinajstić information content (AvgIpc) is 3.09. The minimum atomic E-state index is -0.955. The highest BCUT2D eigenvalue weighted by atomic mass is 32.2. The zero-order chi connectivity index (χ0) is 25.8. The van der Waals surface area contributed by atoms with E-state index in [1.807, 2.05) is 71.6 Å². The van der Waals surface area contributed by atoms with Gasteiger partial charge in [-0.05, 0) is 67.1 Å². The number of benzene rings is 3. The molecule has 2 unspecified atom stereocenters. The minimum Gasteiger partial charge on any atom is -0.481 e. The van der Waals surface area contributed by atoms with Crippen molar-refractivity contribution in [3.63, 3.8) is 0 Å². The van der Waals surface area contributed by atoms with Crippen molar-refractivity contribution >= 4 is 46.6 Å². The van der Waals surface area contributed by atoms with Gasteiger partial charge in [0.05, 0.1) is 29.0 Å². The van der Waals surface area contributed by atoms with Gasteiger partial charge in [-0.25, -0.2) is 0 Å². The molecule has 3 aromatic carbocycles. The molecule has 0 saturated carbocycles. The van der Waals surface area contributed by atoms with Gasteiger partial charge >= 0.3 is 5.97 Å². The third kappa shape index (κ3) is 5.47. The number of allylic oxidation sites excluding steroid dienone is 2. The van der Waals surface area contributed by atoms with Crippen LogP contribution in [-0.2, 0) is 27.2 Å². The summed E-state index contributed by atoms with van der Waals surface area (Å²) in [4.78, 5) is 40.7. The van der Waals surface area contributed by atoms with Crippen LogP contribution in [0.5, 0.6) is 0 Å². The van der Waals surface area contributed by atoms with E-state index in [0.717, 1.165) is 40.2 Å². The highest BCUT2D eigenvalue weighted by Gasteiger charge is 2.34. The second-order valence-electron chi connectivity index (χ2n) is 9.29. The van der Waals surface area contributed by atoms with Gasteiger partial charge in [0.15, 0.2) is 0 Å². The van der Waals surface area contributed by atoms with E-state index in [9.17, 15) is 19.5 Å². The predicted molar refractivity (Wildman–Crippen MR) is 146 cm³/mol. The molecule has 2 amide bonds. The quantitative estimate of drug-likeness (QED) is 0.320. The highest BCUT2D eigenvalue weighted by Crippen LogP contribution is 2.37. The second-order valence-corrected chi connectivity index (χ2v) is 10.3. The number of fused-ring (bicyclic) bond motifs is 2. The Morgan fingerprint density at radius 2 is 1.46 bits per heavy atom. The van der Waals surface area contributed by atoms with Gasteiger partial charge in [0.25, 0.3) is 0 Å². The van der Waals surface area contributed by atoms with Gasteiger partial charge in [0.2, 0.25) is 11.8 Å². The number of aryl methyl sites for hydroxylation is 2. The number of hydrogen-bond donors (Lipinski definition) is 2. The van der Waals surface area contributed by atoms with E-state index in [4.69, 9.17) is 0 Å². The number of aliphatic carboxylic acids is 1. The molecule has 2 atom stereocenters. The van der Waals surface area contributed by atoms with Gasteiger partial charge in [-0.15, -0.1) is 11.8 Å². The first-order valence-corrected chi connectivity index (χ1v) is 13.4. The molecule has 3 aromatic rings. The molecule has 0 bridgehead atoms. The lowest BCUT2D eigenvalue weighted by Gasteiger charge is -2.25. The fraction of sp³-hybridized carbons (Fsp3) is 0.233. The fourth-order valence-corrected chi connectivity index (χ4v) is 5.84. The second kappa shape index (κ2) is 11.0. The van der Waals surface area contributed by atoms with Crippen LogP contribution in [0.1, 0.15) is 24.0 Å². The van der Waals surface area contributed by atoms with Crippen molar-refractivity contribution in [2.75, 3.05) is 16.0 Å². The summed E-state index contributed by atoms with van der Waals surface area (Å²) in [5.74, 6) is -2.37. The minimum absolute atomic E-state index is 0.0143. The average molecular weight is 513 g/mol. The Hall–Kier alpha value is -3.84. The molecule has 37 heavy (non-hydrogen) atoms. The molecule has 0 radical (unpaired) electrons. The molecule has 0 saturated heterocycles. The largest absolute Gasteiger partial charge is 0.481 e. The summed E-state index contributed by atoms with van der Waals surface area (Å²) in [7, 11) is 0. The van der Waals surface area contributed by atoms with E-state index < -0.39 is 17.8 Å². The van der Waals surface area contributed by atoms with Crippen LogP contribution >= 0.6 is 11.8 Å². The lowest BCUT2D eigenvalue weighted by Crippen LogP contribution is -2.34. The number of anilines is 3. The Morgan fingerprint density at radius 1 is 0.838 bits per heavy atom. The van der Waals surface area contributed by atoms with Gasteiger partial charge in [-0.3, -0.25) is 19.3 Å². The summed E-state index contributed by atoms with van der Waals surface area (Å²) in [6, 6.07) is 23.4. The Bertz CT molecular complexity index is 1320. The number of carbonyl (C=O) groups is 3. The smallest absolute Gasteiger partial charge is 0.307 e. The van der Waals surface area contributed by atoms with Crippen LogP contribution < -0.4 is 10.2 Å². The molecule has 1 aliphatic carbocycles. The first-order chi connectivity index (χ1) is 18.0. The molecule has 6 nitrogen and oxygen atoms in total. The van der Waals surface area contributed by atoms with Gasteiger partial charge in [0.1, 0.15) is 0 Å². The predicted octanol–water partition coefficient (Wildman–Crippen LogP) is 5.85. The topological polar surface area (TPSA) is 86.7 Å². The van der Waals surface area contributed by atoms with Gasteiger partial charge in [-0.2, -0.15) is 0 Å². The van der Waals surface area contributed by atoms with Gasteiger partial charge in [0, 0.05) is 10.6 Å². The zero-order valence-electron chi connectivity index (χ0n) is 20.3. The van der Waals surface area contributed by atoms with Crippen LogP contribution in [0.25, 0.3) is 0 Å². The van der Waals surface area contributed by atoms with Gasteiger partial charge in [-0.1, -0.05) is 54.6 Å². The van der Waals surface area contributed by atoms with Crippen molar-refractivity contribution < 1.29 is 19.5 Å². The van der Waals surface area contributed by atoms with E-state index in [1.165, 1.54) is 11.8 Å². The molecule has 0 fully saturated rings. The molecular formula is C30H28N2O4S. The number of carboxylic acid groups (broad SMARTS) is 1. The summed E-state index contributed by atoms with van der Waals surface area (Å²) < 4.78 is 0. The first-order valence-electron chi connectivity index (χ1n) is 12.4. The standard InChI is InChI=1S/C30H28N2O4S/c33-28(32-26-14-5-1-8-20(26)16-17-21-9-2-6-15-27(21)32)19-37-23-11-7-10-22(18-23)31-29(34)24-12-3-4-13-25(24)30(35)36/h1-11,14-15,18,24-25H,12-13,16-17,19H2,(H,31,34)(H,35,36). The normalized spacial score (nSPS) is 18.3. The van der Waals surface area contributed by atoms with Crippen LogP contribution in [0.15, 0.2) is 89.8 Å². The van der Waals surface area contributed by atoms with Gasteiger partial charge < -0.3 is 10.4 Å². The molecule has 1 aliphatic heterocycles. The van der Waals surface area contributed by atoms with Crippen molar-refractivity contribution in [1.29, 1.82) is 0 Å². The van der Waals surface area contributed by atoms with E-state index >= 15 is 0 Å². The third-order valence-corrected chi connectivity index (χ3v) is 7.91. The monoisotopic (exact) mass is 512 g/mol. The molecular weight excluding hydrogens is 484 g/mol. The number of carbonyl (C=O) groups excluding carboxylic acids is 2. The summed E-state index contributed by atoms with van der Waals surface area (Å²) in [5.41, 5.74) is 4.74. The lowest BCUT2D eigenvalue weighted by molar-refractivity contribution is -0.146. The maximum atomic E-state index is 13.6. The SMILES string of the molecule is O=C(O)C1CC=CCC1C(=O)Nc1cccc(SCC(=O)N2c3ccccc3CCc3ccccc32)c1. The molecule has 188 valence electrons. The highest BCUT2D eigenvalue weighted by molar-refractivity contribution is 8.00. The molecule has 2 N–H and O–H groups in total. The maximum Gasteiger partial charge on any atom is 0.307 e. The third-order valence-electron chi connectivity index (χ3n) is 6.93. The maximum absolute atomic E-state index is 13.6. The van der Waals surface area contributed by atoms with Crippen molar-refractivity contribution in [2.45, 2.75) is 30.6 Å². The Labute approximate surface area is 220 Å². The molecule has 7 heteroatoms. The first kappa shape index (κ1) is 24.8. The molecule has 0 spiro atoms. The number of amides is 2. The van der Waals surface area contributed by atoms with Crippen LogP contribution in [0, 0.1) is 11.8 Å². The van der Waals surface area contributed by atoms with Crippen molar-refractivity contribution in [3.05, 3.63) is 96.1 Å². The van der Waals surface area contributed by atoms with Crippen LogP contribution in [0.3, 0.4) is 0 Å². The number of hydrogen-bond acceptors (Lipinski definition) is 4. The lowest BCUT2D eigenvalue weighted by atomic mass is 9.82. The van der Waals surface area contributed by atoms with E-state index in [0.29, 0.717) is 18.5 Å².